The summed E-state index contributed by atoms with van der Waals surface area (Å²) in [5.41, 5.74) is -0.205. The van der Waals surface area contributed by atoms with Gasteiger partial charge < -0.3 is 10.2 Å². The molecule has 4 nitrogen and oxygen atoms in total. The summed E-state index contributed by atoms with van der Waals surface area (Å²) in [7, 11) is 0. The van der Waals surface area contributed by atoms with Crippen LogP contribution in [0.25, 0.3) is 0 Å². The van der Waals surface area contributed by atoms with E-state index in [2.05, 4.69) is 21.2 Å². The molecule has 6 heteroatoms. The molecular formula is C15H18BrFN2O2. The second-order valence-corrected chi connectivity index (χ2v) is 6.22. The van der Waals surface area contributed by atoms with Gasteiger partial charge in [0.25, 0.3) is 0 Å². The summed E-state index contributed by atoms with van der Waals surface area (Å²) < 4.78 is 13.9. The molecule has 1 aromatic carbocycles. The van der Waals surface area contributed by atoms with Crippen molar-refractivity contribution < 1.29 is 14.0 Å². The van der Waals surface area contributed by atoms with Gasteiger partial charge in [-0.2, -0.15) is 0 Å². The number of hydrogen-bond acceptors (Lipinski definition) is 2. The average molecular weight is 357 g/mol. The zero-order valence-corrected chi connectivity index (χ0v) is 13.7. The molecule has 114 valence electrons. The third-order valence-corrected chi connectivity index (χ3v) is 4.77. The van der Waals surface area contributed by atoms with Crippen LogP contribution in [0.4, 0.5) is 4.39 Å². The van der Waals surface area contributed by atoms with Crippen molar-refractivity contribution >= 4 is 27.7 Å². The lowest BCUT2D eigenvalue weighted by Crippen LogP contribution is -2.54. The maximum Gasteiger partial charge on any atom is 0.248 e. The van der Waals surface area contributed by atoms with Crippen LogP contribution >= 0.6 is 15.9 Å². The van der Waals surface area contributed by atoms with E-state index in [0.29, 0.717) is 23.0 Å². The van der Waals surface area contributed by atoms with Crippen LogP contribution in [0.3, 0.4) is 0 Å². The van der Waals surface area contributed by atoms with Gasteiger partial charge in [-0.1, -0.05) is 19.1 Å². The number of rotatable bonds is 3. The van der Waals surface area contributed by atoms with Crippen molar-refractivity contribution in [1.82, 2.24) is 10.2 Å². The Bertz CT molecular complexity index is 579. The maximum atomic E-state index is 13.6. The van der Waals surface area contributed by atoms with Gasteiger partial charge in [0.2, 0.25) is 11.8 Å². The summed E-state index contributed by atoms with van der Waals surface area (Å²) in [4.78, 5) is 26.0. The number of carbonyl (C=O) groups is 2. The molecule has 0 aromatic heterocycles. The number of carbonyl (C=O) groups excluding carboxylic acids is 2. The van der Waals surface area contributed by atoms with Crippen LogP contribution in [0.2, 0.25) is 0 Å². The lowest BCUT2D eigenvalue weighted by molar-refractivity contribution is -0.138. The maximum absolute atomic E-state index is 13.6. The molecule has 1 N–H and O–H groups in total. The Labute approximate surface area is 131 Å². The largest absolute Gasteiger partial charge is 0.342 e. The van der Waals surface area contributed by atoms with E-state index in [4.69, 9.17) is 0 Å². The molecule has 21 heavy (non-hydrogen) atoms. The van der Waals surface area contributed by atoms with E-state index in [1.54, 1.807) is 24.0 Å². The van der Waals surface area contributed by atoms with E-state index >= 15 is 0 Å². The van der Waals surface area contributed by atoms with Gasteiger partial charge in [0, 0.05) is 19.5 Å². The summed E-state index contributed by atoms with van der Waals surface area (Å²) in [6, 6.07) is 4.74. The Morgan fingerprint density at radius 2 is 2.14 bits per heavy atom. The molecule has 1 aliphatic rings. The second kappa shape index (κ2) is 6.13. The molecule has 1 saturated heterocycles. The Morgan fingerprint density at radius 1 is 1.43 bits per heavy atom. The molecular weight excluding hydrogens is 339 g/mol. The summed E-state index contributed by atoms with van der Waals surface area (Å²) in [5, 5.41) is 2.78. The molecule has 2 amide bonds. The predicted octanol–water partition coefficient (Wildman–Crippen LogP) is 2.61. The Kier molecular flexibility index (Phi) is 4.66. The minimum atomic E-state index is -0.895. The fourth-order valence-electron chi connectivity index (χ4n) is 2.38. The highest BCUT2D eigenvalue weighted by atomic mass is 79.9. The summed E-state index contributed by atoms with van der Waals surface area (Å²) >= 11 is 3.21. The molecule has 1 fully saturated rings. The molecule has 1 aliphatic heterocycles. The highest BCUT2D eigenvalue weighted by molar-refractivity contribution is 9.10. The Hall–Kier alpha value is -1.43. The zero-order valence-electron chi connectivity index (χ0n) is 12.1. The number of amides is 2. The zero-order chi connectivity index (χ0) is 15.6. The van der Waals surface area contributed by atoms with Gasteiger partial charge >= 0.3 is 0 Å². The quantitative estimate of drug-likeness (QED) is 0.904. The minimum absolute atomic E-state index is 0.131. The van der Waals surface area contributed by atoms with Gasteiger partial charge in [-0.3, -0.25) is 9.59 Å². The highest BCUT2D eigenvalue weighted by Gasteiger charge is 2.39. The van der Waals surface area contributed by atoms with Gasteiger partial charge in [0.05, 0.1) is 4.47 Å². The predicted molar refractivity (Wildman–Crippen MR) is 81.0 cm³/mol. The molecule has 0 aliphatic carbocycles. The number of halogens is 2. The van der Waals surface area contributed by atoms with Crippen molar-refractivity contribution in [3.05, 3.63) is 34.1 Å². The summed E-state index contributed by atoms with van der Waals surface area (Å²) in [6.45, 7) is 4.21. The molecule has 0 saturated carbocycles. The topological polar surface area (TPSA) is 49.4 Å². The van der Waals surface area contributed by atoms with Crippen molar-refractivity contribution in [2.45, 2.75) is 38.8 Å². The lowest BCUT2D eigenvalue weighted by Gasteiger charge is -2.31. The molecule has 0 spiro atoms. The molecule has 2 rings (SSSR count). The second-order valence-electron chi connectivity index (χ2n) is 5.42. The van der Waals surface area contributed by atoms with E-state index in [0.717, 1.165) is 0 Å². The molecule has 1 atom stereocenters. The fourth-order valence-corrected chi connectivity index (χ4v) is 2.77. The summed E-state index contributed by atoms with van der Waals surface area (Å²) in [6.07, 6.45) is 0.770. The summed E-state index contributed by atoms with van der Waals surface area (Å²) in [5.74, 6) is -0.622. The molecule has 1 aromatic rings. The average Bonchev–Trinajstić information content (AvgIpc) is 2.56. The number of nitrogens with zero attached hydrogens (tertiary/aromatic N) is 1. The Morgan fingerprint density at radius 3 is 2.81 bits per heavy atom. The number of hydrogen-bond donors (Lipinski definition) is 1. The fraction of sp³-hybridized carbons (Fsp3) is 0.467. The highest BCUT2D eigenvalue weighted by Crippen LogP contribution is 2.24. The Balaban J connectivity index is 2.28. The van der Waals surface area contributed by atoms with Crippen molar-refractivity contribution in [3.8, 4) is 0 Å². The van der Waals surface area contributed by atoms with Crippen LogP contribution < -0.4 is 5.32 Å². The van der Waals surface area contributed by atoms with Crippen LogP contribution in [0.1, 0.15) is 32.3 Å². The first kappa shape index (κ1) is 15.9. The van der Waals surface area contributed by atoms with Crippen molar-refractivity contribution in [2.24, 2.45) is 0 Å². The van der Waals surface area contributed by atoms with Gasteiger partial charge in [-0.25, -0.2) is 4.39 Å². The standard InChI is InChI=1S/C15H18BrFN2O2/c1-3-15(2)14(21)19(8-7-12(20)18-15)9-10-5-4-6-11(17)13(10)16/h4-6H,3,7-9H2,1-2H3,(H,18,20). The first-order valence-electron chi connectivity index (χ1n) is 6.90. The monoisotopic (exact) mass is 356 g/mol. The van der Waals surface area contributed by atoms with Crippen molar-refractivity contribution in [3.63, 3.8) is 0 Å². The van der Waals surface area contributed by atoms with Gasteiger partial charge in [0.15, 0.2) is 0 Å². The molecule has 0 radical (unpaired) electrons. The lowest BCUT2D eigenvalue weighted by atomic mass is 9.97. The van der Waals surface area contributed by atoms with E-state index < -0.39 is 5.54 Å². The van der Waals surface area contributed by atoms with Crippen LogP contribution in [0.5, 0.6) is 0 Å². The van der Waals surface area contributed by atoms with E-state index in [1.165, 1.54) is 6.07 Å². The van der Waals surface area contributed by atoms with E-state index in [-0.39, 0.29) is 30.6 Å². The smallest absolute Gasteiger partial charge is 0.248 e. The number of benzene rings is 1. The SMILES string of the molecule is CCC1(C)NC(=O)CCN(Cc2cccc(F)c2Br)C1=O. The van der Waals surface area contributed by atoms with Gasteiger partial charge in [0.1, 0.15) is 11.4 Å². The molecule has 1 unspecified atom stereocenters. The van der Waals surface area contributed by atoms with Gasteiger partial charge in [-0.15, -0.1) is 0 Å². The minimum Gasteiger partial charge on any atom is -0.342 e. The third kappa shape index (κ3) is 3.26. The first-order valence-corrected chi connectivity index (χ1v) is 7.70. The number of nitrogens with one attached hydrogen (secondary N) is 1. The van der Waals surface area contributed by atoms with Crippen molar-refractivity contribution in [1.29, 1.82) is 0 Å². The van der Waals surface area contributed by atoms with Crippen LogP contribution in [-0.2, 0) is 16.1 Å². The van der Waals surface area contributed by atoms with Gasteiger partial charge in [-0.05, 0) is 40.9 Å². The normalized spacial score (nSPS) is 23.0. The first-order chi connectivity index (χ1) is 9.87. The van der Waals surface area contributed by atoms with Crippen LogP contribution in [-0.4, -0.2) is 28.8 Å². The molecule has 0 bridgehead atoms. The van der Waals surface area contributed by atoms with Crippen LogP contribution in [0.15, 0.2) is 22.7 Å². The van der Waals surface area contributed by atoms with Crippen molar-refractivity contribution in [2.75, 3.05) is 6.54 Å². The molecule has 1 heterocycles. The van der Waals surface area contributed by atoms with E-state index in [1.807, 2.05) is 6.92 Å². The van der Waals surface area contributed by atoms with Crippen LogP contribution in [0, 0.1) is 5.82 Å². The third-order valence-electron chi connectivity index (χ3n) is 3.88. The van der Waals surface area contributed by atoms with E-state index in [9.17, 15) is 14.0 Å².